The van der Waals surface area contributed by atoms with Crippen molar-refractivity contribution in [3.8, 4) is 11.9 Å². The number of nitrogens with zero attached hydrogens (tertiary/aromatic N) is 3. The molecule has 1 unspecified atom stereocenters. The summed E-state index contributed by atoms with van der Waals surface area (Å²) in [5.74, 6) is 0.397. The molecule has 1 heterocycles. The van der Waals surface area contributed by atoms with Gasteiger partial charge in [0.05, 0.1) is 19.3 Å². The van der Waals surface area contributed by atoms with Crippen LogP contribution in [-0.2, 0) is 0 Å². The molecule has 1 N–H and O–H groups in total. The van der Waals surface area contributed by atoms with Gasteiger partial charge in [0, 0.05) is 5.02 Å². The van der Waals surface area contributed by atoms with Crippen LogP contribution in [0.4, 0.5) is 5.69 Å². The summed E-state index contributed by atoms with van der Waals surface area (Å²) in [6.45, 7) is 1.97. The Morgan fingerprint density at radius 2 is 2.15 bits per heavy atom. The zero-order chi connectivity index (χ0) is 14.5. The molecule has 0 aliphatic heterocycles. The Bertz CT molecular complexity index is 654. The van der Waals surface area contributed by atoms with Crippen LogP contribution in [0.3, 0.4) is 0 Å². The van der Waals surface area contributed by atoms with Crippen LogP contribution < -0.4 is 10.1 Å². The molecule has 0 aliphatic rings. The zero-order valence-electron chi connectivity index (χ0n) is 11.1. The van der Waals surface area contributed by atoms with Gasteiger partial charge in [-0.25, -0.2) is 4.98 Å². The van der Waals surface area contributed by atoms with Crippen molar-refractivity contribution in [2.45, 2.75) is 13.0 Å². The largest absolute Gasteiger partial charge is 0.479 e. The average molecular weight is 289 g/mol. The Morgan fingerprint density at radius 3 is 2.80 bits per heavy atom. The van der Waals surface area contributed by atoms with E-state index in [0.717, 1.165) is 5.56 Å². The molecule has 0 fully saturated rings. The number of nitrogens with one attached hydrogen (secondary N) is 1. The van der Waals surface area contributed by atoms with E-state index in [4.69, 9.17) is 21.6 Å². The molecule has 2 rings (SSSR count). The second-order valence-electron chi connectivity index (χ2n) is 4.12. The fraction of sp³-hybridized carbons (Fsp3) is 0.214. The van der Waals surface area contributed by atoms with E-state index < -0.39 is 0 Å². The first-order chi connectivity index (χ1) is 9.65. The molecule has 0 radical (unpaired) electrons. The quantitative estimate of drug-likeness (QED) is 0.935. The topological polar surface area (TPSA) is 70.8 Å². The van der Waals surface area contributed by atoms with Gasteiger partial charge in [-0.2, -0.15) is 10.2 Å². The monoisotopic (exact) mass is 288 g/mol. The summed E-state index contributed by atoms with van der Waals surface area (Å²) < 4.78 is 5.16. The van der Waals surface area contributed by atoms with Gasteiger partial charge in [0.2, 0.25) is 11.7 Å². The Hall–Kier alpha value is -2.32. The van der Waals surface area contributed by atoms with E-state index in [1.54, 1.807) is 0 Å². The number of ether oxygens (including phenoxy) is 1. The smallest absolute Gasteiger partial charge is 0.241 e. The van der Waals surface area contributed by atoms with E-state index in [9.17, 15) is 0 Å². The third kappa shape index (κ3) is 2.98. The number of aromatic nitrogens is 2. The lowest BCUT2D eigenvalue weighted by Crippen LogP contribution is -2.09. The lowest BCUT2D eigenvalue weighted by Gasteiger charge is -2.17. The molecule has 5 nitrogen and oxygen atoms in total. The fourth-order valence-electron chi connectivity index (χ4n) is 1.81. The highest BCUT2D eigenvalue weighted by molar-refractivity contribution is 6.31. The average Bonchev–Trinajstić information content (AvgIpc) is 2.48. The molecule has 20 heavy (non-hydrogen) atoms. The second kappa shape index (κ2) is 6.22. The Kier molecular flexibility index (Phi) is 4.38. The summed E-state index contributed by atoms with van der Waals surface area (Å²) in [7, 11) is 1.49. The number of nitriles is 1. The summed E-state index contributed by atoms with van der Waals surface area (Å²) in [6.07, 6.45) is 1.53. The first-order valence-electron chi connectivity index (χ1n) is 5.97. The van der Waals surface area contributed by atoms with Gasteiger partial charge in [0.1, 0.15) is 11.8 Å². The van der Waals surface area contributed by atoms with Gasteiger partial charge in [-0.15, -0.1) is 0 Å². The molecule has 0 amide bonds. The highest BCUT2D eigenvalue weighted by atomic mass is 35.5. The van der Waals surface area contributed by atoms with Crippen LogP contribution in [0.2, 0.25) is 5.02 Å². The van der Waals surface area contributed by atoms with E-state index in [1.165, 1.54) is 13.3 Å². The minimum absolute atomic E-state index is 0.0471. The van der Waals surface area contributed by atoms with Crippen molar-refractivity contribution in [2.24, 2.45) is 0 Å². The Morgan fingerprint density at radius 1 is 1.40 bits per heavy atom. The molecule has 0 aliphatic carbocycles. The highest BCUT2D eigenvalue weighted by Crippen LogP contribution is 2.28. The van der Waals surface area contributed by atoms with Crippen molar-refractivity contribution >= 4 is 17.3 Å². The Balaban J connectivity index is 2.26. The maximum atomic E-state index is 8.78. The van der Waals surface area contributed by atoms with Gasteiger partial charge in [-0.05, 0) is 18.6 Å². The third-order valence-electron chi connectivity index (χ3n) is 2.79. The van der Waals surface area contributed by atoms with Gasteiger partial charge in [-0.1, -0.05) is 29.8 Å². The summed E-state index contributed by atoms with van der Waals surface area (Å²) in [5.41, 5.74) is 1.57. The zero-order valence-corrected chi connectivity index (χ0v) is 11.8. The number of hydrogen-bond acceptors (Lipinski definition) is 5. The molecule has 0 saturated heterocycles. The molecule has 102 valence electrons. The predicted molar refractivity (Wildman–Crippen MR) is 76.8 cm³/mol. The number of hydrogen-bond donors (Lipinski definition) is 1. The molecule has 1 aromatic heterocycles. The van der Waals surface area contributed by atoms with Crippen LogP contribution in [0.5, 0.6) is 5.88 Å². The Labute approximate surface area is 122 Å². The molecular weight excluding hydrogens is 276 g/mol. The maximum Gasteiger partial charge on any atom is 0.241 e. The lowest BCUT2D eigenvalue weighted by molar-refractivity contribution is 0.398. The number of anilines is 1. The van der Waals surface area contributed by atoms with Crippen LogP contribution in [0, 0.1) is 11.3 Å². The van der Waals surface area contributed by atoms with Crippen LogP contribution in [0.1, 0.15) is 24.4 Å². The molecule has 0 saturated carbocycles. The fourth-order valence-corrected chi connectivity index (χ4v) is 2.11. The standard InChI is InChI=1S/C14H13ClN4O/c1-9(10-5-3-4-6-11(10)15)18-12-8-17-13(7-16)19-14(12)20-2/h3-6,8-9,18H,1-2H3. The lowest BCUT2D eigenvalue weighted by atomic mass is 10.1. The van der Waals surface area contributed by atoms with Crippen molar-refractivity contribution < 1.29 is 4.74 Å². The first kappa shape index (κ1) is 14.1. The highest BCUT2D eigenvalue weighted by Gasteiger charge is 2.13. The van der Waals surface area contributed by atoms with Gasteiger partial charge >= 0.3 is 0 Å². The molecule has 0 spiro atoms. The SMILES string of the molecule is COc1nc(C#N)ncc1NC(C)c1ccccc1Cl. The molecule has 0 bridgehead atoms. The van der Waals surface area contributed by atoms with Gasteiger partial charge in [0.25, 0.3) is 0 Å². The second-order valence-corrected chi connectivity index (χ2v) is 4.52. The normalized spacial score (nSPS) is 11.5. The van der Waals surface area contributed by atoms with Gasteiger partial charge in [-0.3, -0.25) is 0 Å². The van der Waals surface area contributed by atoms with Crippen molar-refractivity contribution in [1.82, 2.24) is 9.97 Å². The number of benzene rings is 1. The van der Waals surface area contributed by atoms with E-state index in [-0.39, 0.29) is 11.9 Å². The summed E-state index contributed by atoms with van der Waals surface area (Å²) in [4.78, 5) is 7.92. The van der Waals surface area contributed by atoms with E-state index >= 15 is 0 Å². The first-order valence-corrected chi connectivity index (χ1v) is 6.35. The molecule has 1 aromatic carbocycles. The van der Waals surface area contributed by atoms with Gasteiger partial charge < -0.3 is 10.1 Å². The van der Waals surface area contributed by atoms with E-state index in [1.807, 2.05) is 37.3 Å². The molecule has 1 atom stereocenters. The van der Waals surface area contributed by atoms with Gasteiger partial charge in [0.15, 0.2) is 0 Å². The number of rotatable bonds is 4. The number of halogens is 1. The molecule has 6 heteroatoms. The van der Waals surface area contributed by atoms with Crippen LogP contribution >= 0.6 is 11.6 Å². The molecule has 2 aromatic rings. The summed E-state index contributed by atoms with van der Waals surface area (Å²) >= 11 is 6.16. The van der Waals surface area contributed by atoms with E-state index in [2.05, 4.69) is 15.3 Å². The minimum Gasteiger partial charge on any atom is -0.479 e. The van der Waals surface area contributed by atoms with Crippen LogP contribution in [-0.4, -0.2) is 17.1 Å². The maximum absolute atomic E-state index is 8.78. The van der Waals surface area contributed by atoms with Crippen molar-refractivity contribution in [2.75, 3.05) is 12.4 Å². The predicted octanol–water partition coefficient (Wildman–Crippen LogP) is 3.18. The third-order valence-corrected chi connectivity index (χ3v) is 3.14. The van der Waals surface area contributed by atoms with Crippen LogP contribution in [0.15, 0.2) is 30.5 Å². The summed E-state index contributed by atoms with van der Waals surface area (Å²) in [6, 6.07) is 9.40. The van der Waals surface area contributed by atoms with Crippen LogP contribution in [0.25, 0.3) is 0 Å². The molecular formula is C14H13ClN4O. The summed E-state index contributed by atoms with van der Waals surface area (Å²) in [5, 5.41) is 12.7. The van der Waals surface area contributed by atoms with Crippen molar-refractivity contribution in [3.05, 3.63) is 46.9 Å². The van der Waals surface area contributed by atoms with E-state index in [0.29, 0.717) is 16.6 Å². The van der Waals surface area contributed by atoms with Crippen molar-refractivity contribution in [3.63, 3.8) is 0 Å². The number of methoxy groups -OCH3 is 1. The van der Waals surface area contributed by atoms with Crippen molar-refractivity contribution in [1.29, 1.82) is 5.26 Å². The minimum atomic E-state index is -0.0471.